The molecule has 2 N–H and O–H groups in total. The largest absolute Gasteiger partial charge is 0.362 e. The van der Waals surface area contributed by atoms with Crippen LogP contribution in [0.5, 0.6) is 0 Å². The number of imidazole rings is 1. The van der Waals surface area contributed by atoms with Crippen molar-refractivity contribution in [2.24, 2.45) is 0 Å². The number of rotatable bonds is 5. The average Bonchev–Trinajstić information content (AvgIpc) is 3.01. The maximum atomic E-state index is 11.9. The molecule has 0 bridgehead atoms. The number of fused-ring (bicyclic) bond motifs is 1. The second kappa shape index (κ2) is 6.09. The number of nitrogens with one attached hydrogen (secondary N) is 2. The van der Waals surface area contributed by atoms with Gasteiger partial charge in [-0.25, -0.2) is 4.98 Å². The number of carbonyl (C=O) groups is 1. The molecule has 0 spiro atoms. The lowest BCUT2D eigenvalue weighted by molar-refractivity contribution is -0.119. The first kappa shape index (κ1) is 13.2. The Labute approximate surface area is 122 Å². The minimum absolute atomic E-state index is 0.0454. The SMILES string of the molecule is O=C(CNc1cccc2nccn12)NCc1ccccc1. The van der Waals surface area contributed by atoms with Gasteiger partial charge in [-0.1, -0.05) is 36.4 Å². The van der Waals surface area contributed by atoms with Crippen LogP contribution in [0, 0.1) is 0 Å². The number of carbonyl (C=O) groups excluding carboxylic acids is 1. The molecule has 1 aromatic carbocycles. The highest BCUT2D eigenvalue weighted by Gasteiger charge is 2.04. The van der Waals surface area contributed by atoms with Crippen LogP contribution in [-0.2, 0) is 11.3 Å². The molecule has 0 unspecified atom stereocenters. The van der Waals surface area contributed by atoms with Crippen molar-refractivity contribution in [3.8, 4) is 0 Å². The van der Waals surface area contributed by atoms with Crippen LogP contribution in [-0.4, -0.2) is 21.8 Å². The van der Waals surface area contributed by atoms with Crippen LogP contribution in [0.2, 0.25) is 0 Å². The predicted octanol–water partition coefficient (Wildman–Crippen LogP) is 2.06. The molecule has 21 heavy (non-hydrogen) atoms. The molecule has 5 nitrogen and oxygen atoms in total. The Morgan fingerprint density at radius 2 is 1.95 bits per heavy atom. The summed E-state index contributed by atoms with van der Waals surface area (Å²) in [5.74, 6) is 0.802. The Kier molecular flexibility index (Phi) is 3.82. The minimum Gasteiger partial charge on any atom is -0.362 e. The summed E-state index contributed by atoms with van der Waals surface area (Å²) in [6.45, 7) is 0.765. The van der Waals surface area contributed by atoms with Gasteiger partial charge in [-0.2, -0.15) is 0 Å². The molecule has 0 aliphatic carbocycles. The van der Waals surface area contributed by atoms with Crippen molar-refractivity contribution < 1.29 is 4.79 Å². The van der Waals surface area contributed by atoms with Crippen LogP contribution in [0.15, 0.2) is 60.9 Å². The molecule has 0 radical (unpaired) electrons. The smallest absolute Gasteiger partial charge is 0.239 e. The van der Waals surface area contributed by atoms with Crippen LogP contribution in [0.4, 0.5) is 5.82 Å². The first-order valence-corrected chi connectivity index (χ1v) is 6.79. The van der Waals surface area contributed by atoms with E-state index in [0.29, 0.717) is 6.54 Å². The van der Waals surface area contributed by atoms with Crippen molar-refractivity contribution in [3.05, 3.63) is 66.5 Å². The number of anilines is 1. The van der Waals surface area contributed by atoms with E-state index in [1.807, 2.05) is 59.1 Å². The third-order valence-electron chi connectivity index (χ3n) is 3.19. The van der Waals surface area contributed by atoms with E-state index >= 15 is 0 Å². The summed E-state index contributed by atoms with van der Waals surface area (Å²) in [6.07, 6.45) is 3.59. The van der Waals surface area contributed by atoms with E-state index in [1.54, 1.807) is 6.20 Å². The van der Waals surface area contributed by atoms with Crippen LogP contribution in [0.25, 0.3) is 5.65 Å². The molecular formula is C16H16N4O. The van der Waals surface area contributed by atoms with Gasteiger partial charge in [-0.3, -0.25) is 9.20 Å². The normalized spacial score (nSPS) is 10.5. The summed E-state index contributed by atoms with van der Waals surface area (Å²) in [5.41, 5.74) is 1.94. The number of amides is 1. The fourth-order valence-corrected chi connectivity index (χ4v) is 2.12. The van der Waals surface area contributed by atoms with Crippen molar-refractivity contribution >= 4 is 17.4 Å². The zero-order valence-corrected chi connectivity index (χ0v) is 11.5. The predicted molar refractivity (Wildman–Crippen MR) is 82.0 cm³/mol. The van der Waals surface area contributed by atoms with Crippen molar-refractivity contribution in [2.45, 2.75) is 6.54 Å². The Bertz CT molecular complexity index is 736. The van der Waals surface area contributed by atoms with Gasteiger partial charge in [0, 0.05) is 18.9 Å². The molecule has 0 saturated heterocycles. The molecule has 0 aliphatic heterocycles. The minimum atomic E-state index is -0.0454. The Morgan fingerprint density at radius 1 is 1.10 bits per heavy atom. The van der Waals surface area contributed by atoms with Gasteiger partial charge in [-0.05, 0) is 17.7 Å². The number of nitrogens with zero attached hydrogens (tertiary/aromatic N) is 2. The van der Waals surface area contributed by atoms with E-state index in [0.717, 1.165) is 17.0 Å². The van der Waals surface area contributed by atoms with Crippen LogP contribution in [0.1, 0.15) is 5.56 Å². The van der Waals surface area contributed by atoms with Gasteiger partial charge < -0.3 is 10.6 Å². The summed E-state index contributed by atoms with van der Waals surface area (Å²) in [7, 11) is 0. The molecule has 0 saturated carbocycles. The Morgan fingerprint density at radius 3 is 2.81 bits per heavy atom. The Balaban J connectivity index is 1.55. The quantitative estimate of drug-likeness (QED) is 0.752. The summed E-state index contributed by atoms with van der Waals surface area (Å²) in [6, 6.07) is 15.6. The third kappa shape index (κ3) is 3.20. The second-order valence-electron chi connectivity index (χ2n) is 4.68. The number of aromatic nitrogens is 2. The van der Waals surface area contributed by atoms with Gasteiger partial charge in [0.15, 0.2) is 0 Å². The summed E-state index contributed by atoms with van der Waals surface area (Å²) >= 11 is 0. The van der Waals surface area contributed by atoms with E-state index in [-0.39, 0.29) is 12.5 Å². The van der Waals surface area contributed by atoms with Crippen molar-refractivity contribution in [2.75, 3.05) is 11.9 Å². The van der Waals surface area contributed by atoms with Crippen molar-refractivity contribution in [3.63, 3.8) is 0 Å². The number of pyridine rings is 1. The highest BCUT2D eigenvalue weighted by molar-refractivity contribution is 5.80. The van der Waals surface area contributed by atoms with E-state index < -0.39 is 0 Å². The number of hydrogen-bond donors (Lipinski definition) is 2. The molecule has 2 heterocycles. The molecule has 2 aromatic heterocycles. The lowest BCUT2D eigenvalue weighted by atomic mass is 10.2. The molecule has 0 atom stereocenters. The lowest BCUT2D eigenvalue weighted by Crippen LogP contribution is -2.29. The second-order valence-corrected chi connectivity index (χ2v) is 4.68. The van der Waals surface area contributed by atoms with Crippen LogP contribution >= 0.6 is 0 Å². The summed E-state index contributed by atoms with van der Waals surface area (Å²) < 4.78 is 1.91. The molecule has 0 aliphatic rings. The first-order valence-electron chi connectivity index (χ1n) is 6.79. The fourth-order valence-electron chi connectivity index (χ4n) is 2.12. The molecule has 3 rings (SSSR count). The van der Waals surface area contributed by atoms with Crippen molar-refractivity contribution in [1.82, 2.24) is 14.7 Å². The lowest BCUT2D eigenvalue weighted by Gasteiger charge is -2.09. The fraction of sp³-hybridized carbons (Fsp3) is 0.125. The molecule has 0 fully saturated rings. The third-order valence-corrected chi connectivity index (χ3v) is 3.19. The van der Waals surface area contributed by atoms with Gasteiger partial charge in [-0.15, -0.1) is 0 Å². The Hall–Kier alpha value is -2.82. The van der Waals surface area contributed by atoms with Gasteiger partial charge in [0.25, 0.3) is 0 Å². The summed E-state index contributed by atoms with van der Waals surface area (Å²) in [4.78, 5) is 16.1. The zero-order valence-electron chi connectivity index (χ0n) is 11.5. The maximum Gasteiger partial charge on any atom is 0.239 e. The maximum absolute atomic E-state index is 11.9. The van der Waals surface area contributed by atoms with Gasteiger partial charge in [0.05, 0.1) is 6.54 Å². The van der Waals surface area contributed by atoms with Gasteiger partial charge in [0.2, 0.25) is 5.91 Å². The highest BCUT2D eigenvalue weighted by atomic mass is 16.1. The van der Waals surface area contributed by atoms with Gasteiger partial charge in [0.1, 0.15) is 11.5 Å². The number of benzene rings is 1. The van der Waals surface area contributed by atoms with E-state index in [4.69, 9.17) is 0 Å². The standard InChI is InChI=1S/C16H16N4O/c21-16(19-11-13-5-2-1-3-6-13)12-18-15-8-4-7-14-17-9-10-20(14)15/h1-10,18H,11-12H2,(H,19,21). The molecule has 106 valence electrons. The molecule has 5 heteroatoms. The molecule has 3 aromatic rings. The number of hydrogen-bond acceptors (Lipinski definition) is 3. The van der Waals surface area contributed by atoms with E-state index in [2.05, 4.69) is 15.6 Å². The van der Waals surface area contributed by atoms with Crippen LogP contribution in [0.3, 0.4) is 0 Å². The molecular weight excluding hydrogens is 264 g/mol. The average molecular weight is 280 g/mol. The van der Waals surface area contributed by atoms with Crippen molar-refractivity contribution in [1.29, 1.82) is 0 Å². The molecule has 1 amide bonds. The van der Waals surface area contributed by atoms with E-state index in [1.165, 1.54) is 0 Å². The van der Waals surface area contributed by atoms with Crippen LogP contribution < -0.4 is 10.6 Å². The first-order chi connectivity index (χ1) is 10.3. The monoisotopic (exact) mass is 280 g/mol. The summed E-state index contributed by atoms with van der Waals surface area (Å²) in [5, 5.41) is 6.01. The topological polar surface area (TPSA) is 58.4 Å². The zero-order chi connectivity index (χ0) is 14.5. The van der Waals surface area contributed by atoms with E-state index in [9.17, 15) is 4.79 Å². The van der Waals surface area contributed by atoms with Gasteiger partial charge >= 0.3 is 0 Å². The highest BCUT2D eigenvalue weighted by Crippen LogP contribution is 2.10.